The van der Waals surface area contributed by atoms with E-state index in [0.29, 0.717) is 30.0 Å². The van der Waals surface area contributed by atoms with Crippen LogP contribution in [0.15, 0.2) is 65.8 Å². The Labute approximate surface area is 191 Å². The number of hydrazone groups is 1. The molecule has 170 valence electrons. The molecule has 9 nitrogen and oxygen atoms in total. The van der Waals surface area contributed by atoms with Gasteiger partial charge in [-0.3, -0.25) is 19.8 Å². The molecule has 2 heterocycles. The summed E-state index contributed by atoms with van der Waals surface area (Å²) in [4.78, 5) is 50.5. The molecule has 5 amide bonds. The Morgan fingerprint density at radius 3 is 2.36 bits per heavy atom. The number of hydrogen-bond donors (Lipinski definition) is 2. The molecule has 33 heavy (non-hydrogen) atoms. The van der Waals surface area contributed by atoms with Gasteiger partial charge in [0.15, 0.2) is 0 Å². The molecule has 0 spiro atoms. The van der Waals surface area contributed by atoms with E-state index in [-0.39, 0.29) is 18.7 Å². The highest BCUT2D eigenvalue weighted by molar-refractivity contribution is 6.08. The Morgan fingerprint density at radius 2 is 1.70 bits per heavy atom. The van der Waals surface area contributed by atoms with Crippen LogP contribution in [0.2, 0.25) is 0 Å². The van der Waals surface area contributed by atoms with Gasteiger partial charge in [-0.2, -0.15) is 10.1 Å². The summed E-state index contributed by atoms with van der Waals surface area (Å²) in [5, 5.41) is 9.13. The number of hydrogen-bond acceptors (Lipinski definition) is 5. The monoisotopic (exact) mass is 447 g/mol. The van der Waals surface area contributed by atoms with Crippen LogP contribution in [-0.4, -0.2) is 46.0 Å². The van der Waals surface area contributed by atoms with Crippen LogP contribution in [0, 0.1) is 0 Å². The molecule has 0 aromatic heterocycles. The van der Waals surface area contributed by atoms with Crippen LogP contribution in [-0.2, 0) is 19.9 Å². The third kappa shape index (κ3) is 4.34. The van der Waals surface area contributed by atoms with E-state index in [1.165, 1.54) is 5.01 Å². The van der Waals surface area contributed by atoms with Crippen molar-refractivity contribution in [2.24, 2.45) is 5.10 Å². The average molecular weight is 447 g/mol. The minimum absolute atomic E-state index is 0.0847. The standard InChI is InChI=1S/C24H25N5O4/c1-2-24(18-11-7-4-8-12-18)22(32)29(23(33)25-24)27-20(30)13-14-21(31)28-16-15-19(26-28)17-9-5-3-6-10-17/h3-12H,2,13-16H2,1H3,(H,25,33)(H,27,30). The number of hydrazine groups is 1. The van der Waals surface area contributed by atoms with E-state index < -0.39 is 23.4 Å². The van der Waals surface area contributed by atoms with Crippen molar-refractivity contribution in [3.8, 4) is 0 Å². The summed E-state index contributed by atoms with van der Waals surface area (Å²) in [6.45, 7) is 2.24. The summed E-state index contributed by atoms with van der Waals surface area (Å²) in [6.07, 6.45) is 0.706. The fourth-order valence-corrected chi connectivity index (χ4v) is 4.04. The van der Waals surface area contributed by atoms with E-state index in [1.807, 2.05) is 36.4 Å². The second-order valence-corrected chi connectivity index (χ2v) is 7.91. The van der Waals surface area contributed by atoms with Crippen molar-refractivity contribution < 1.29 is 19.2 Å². The number of carbonyl (C=O) groups excluding carboxylic acids is 4. The predicted molar refractivity (Wildman–Crippen MR) is 120 cm³/mol. The zero-order valence-electron chi connectivity index (χ0n) is 18.3. The summed E-state index contributed by atoms with van der Waals surface area (Å²) in [7, 11) is 0. The highest BCUT2D eigenvalue weighted by atomic mass is 16.2. The maximum atomic E-state index is 13.1. The Kier molecular flexibility index (Phi) is 6.21. The van der Waals surface area contributed by atoms with Crippen LogP contribution in [0.25, 0.3) is 0 Å². The maximum Gasteiger partial charge on any atom is 0.344 e. The number of imide groups is 1. The normalized spacial score (nSPS) is 20.0. The van der Waals surface area contributed by atoms with Crippen LogP contribution in [0.3, 0.4) is 0 Å². The minimum atomic E-state index is -1.24. The van der Waals surface area contributed by atoms with Crippen molar-refractivity contribution in [2.75, 3.05) is 6.54 Å². The van der Waals surface area contributed by atoms with Crippen molar-refractivity contribution in [1.82, 2.24) is 20.8 Å². The van der Waals surface area contributed by atoms with E-state index in [9.17, 15) is 19.2 Å². The first-order valence-electron chi connectivity index (χ1n) is 10.9. The lowest BCUT2D eigenvalue weighted by Crippen LogP contribution is -2.48. The third-order valence-corrected chi connectivity index (χ3v) is 5.89. The molecular formula is C24H25N5O4. The fraction of sp³-hybridized carbons (Fsp3) is 0.292. The molecule has 1 atom stereocenters. The van der Waals surface area contributed by atoms with Crippen LogP contribution in [0.4, 0.5) is 4.79 Å². The average Bonchev–Trinajstić information content (AvgIpc) is 3.43. The smallest absolute Gasteiger partial charge is 0.318 e. The zero-order valence-corrected chi connectivity index (χ0v) is 18.3. The van der Waals surface area contributed by atoms with Gasteiger partial charge < -0.3 is 5.32 Å². The Bertz CT molecular complexity index is 1100. The third-order valence-electron chi connectivity index (χ3n) is 5.89. The highest BCUT2D eigenvalue weighted by Gasteiger charge is 2.52. The molecule has 0 aliphatic carbocycles. The number of carbonyl (C=O) groups is 4. The van der Waals surface area contributed by atoms with Gasteiger partial charge in [-0.25, -0.2) is 9.80 Å². The fourth-order valence-electron chi connectivity index (χ4n) is 4.04. The van der Waals surface area contributed by atoms with Gasteiger partial charge in [0.25, 0.3) is 5.91 Å². The van der Waals surface area contributed by atoms with Gasteiger partial charge >= 0.3 is 6.03 Å². The highest BCUT2D eigenvalue weighted by Crippen LogP contribution is 2.31. The van der Waals surface area contributed by atoms with Gasteiger partial charge in [-0.05, 0) is 17.5 Å². The summed E-state index contributed by atoms with van der Waals surface area (Å²) in [5.74, 6) is -1.45. The molecule has 0 saturated carbocycles. The lowest BCUT2D eigenvalue weighted by molar-refractivity contribution is -0.140. The molecule has 2 aliphatic heterocycles. The topological polar surface area (TPSA) is 111 Å². The molecule has 9 heteroatoms. The Balaban J connectivity index is 1.34. The molecule has 2 aromatic rings. The molecule has 1 unspecified atom stereocenters. The van der Waals surface area contributed by atoms with Gasteiger partial charge in [0.05, 0.1) is 12.3 Å². The summed E-state index contributed by atoms with van der Waals surface area (Å²) in [5.41, 5.74) is 3.53. The molecule has 0 bridgehead atoms. The second-order valence-electron chi connectivity index (χ2n) is 7.91. The first kappa shape index (κ1) is 22.2. The molecule has 0 radical (unpaired) electrons. The number of nitrogens with one attached hydrogen (secondary N) is 2. The van der Waals surface area contributed by atoms with Crippen molar-refractivity contribution in [3.63, 3.8) is 0 Å². The van der Waals surface area contributed by atoms with Crippen LogP contribution in [0.1, 0.15) is 43.7 Å². The van der Waals surface area contributed by atoms with E-state index >= 15 is 0 Å². The first-order chi connectivity index (χ1) is 15.9. The van der Waals surface area contributed by atoms with Crippen molar-refractivity contribution in [1.29, 1.82) is 0 Å². The molecular weight excluding hydrogens is 422 g/mol. The Hall–Kier alpha value is -4.01. The number of rotatable bonds is 7. The quantitative estimate of drug-likeness (QED) is 0.635. The van der Waals surface area contributed by atoms with Crippen molar-refractivity contribution in [3.05, 3.63) is 71.8 Å². The summed E-state index contributed by atoms with van der Waals surface area (Å²) < 4.78 is 0. The molecule has 1 saturated heterocycles. The number of amides is 5. The lowest BCUT2D eigenvalue weighted by atomic mass is 9.87. The van der Waals surface area contributed by atoms with E-state index in [1.54, 1.807) is 31.2 Å². The van der Waals surface area contributed by atoms with E-state index in [2.05, 4.69) is 15.8 Å². The maximum absolute atomic E-state index is 13.1. The van der Waals surface area contributed by atoms with Gasteiger partial charge in [0.1, 0.15) is 5.54 Å². The Morgan fingerprint density at radius 1 is 1.03 bits per heavy atom. The summed E-state index contributed by atoms with van der Waals surface area (Å²) >= 11 is 0. The molecule has 4 rings (SSSR count). The summed E-state index contributed by atoms with van der Waals surface area (Å²) in [6, 6.07) is 17.8. The van der Waals surface area contributed by atoms with Crippen molar-refractivity contribution >= 4 is 29.5 Å². The molecule has 2 aliphatic rings. The molecule has 2 aromatic carbocycles. The number of nitrogens with zero attached hydrogens (tertiary/aromatic N) is 3. The van der Waals surface area contributed by atoms with Crippen LogP contribution >= 0.6 is 0 Å². The number of urea groups is 1. The van der Waals surface area contributed by atoms with Crippen molar-refractivity contribution in [2.45, 2.75) is 38.1 Å². The molecule has 1 fully saturated rings. The van der Waals surface area contributed by atoms with Gasteiger partial charge in [0.2, 0.25) is 11.8 Å². The second kappa shape index (κ2) is 9.23. The van der Waals surface area contributed by atoms with Gasteiger partial charge in [-0.15, -0.1) is 0 Å². The van der Waals surface area contributed by atoms with Gasteiger partial charge in [0, 0.05) is 19.3 Å². The van der Waals surface area contributed by atoms with E-state index in [0.717, 1.165) is 11.3 Å². The zero-order chi connectivity index (χ0) is 23.4. The van der Waals surface area contributed by atoms with Gasteiger partial charge in [-0.1, -0.05) is 67.6 Å². The SMILES string of the molecule is CCC1(c2ccccc2)NC(=O)N(NC(=O)CCC(=O)N2CCC(c3ccccc3)=N2)C1=O. The predicted octanol–water partition coefficient (Wildman–Crippen LogP) is 2.29. The molecule has 2 N–H and O–H groups in total. The van der Waals surface area contributed by atoms with Crippen LogP contribution < -0.4 is 10.7 Å². The first-order valence-corrected chi connectivity index (χ1v) is 10.9. The van der Waals surface area contributed by atoms with Crippen LogP contribution in [0.5, 0.6) is 0 Å². The minimum Gasteiger partial charge on any atom is -0.318 e. The lowest BCUT2D eigenvalue weighted by Gasteiger charge is -2.25. The largest absolute Gasteiger partial charge is 0.344 e. The van der Waals surface area contributed by atoms with E-state index in [4.69, 9.17) is 0 Å². The number of benzene rings is 2.